The molecular weight excluding hydrogens is 365 g/mol. The average molecular weight is 380 g/mol. The summed E-state index contributed by atoms with van der Waals surface area (Å²) in [7, 11) is 0. The van der Waals surface area contributed by atoms with Crippen LogP contribution in [0.5, 0.6) is 0 Å². The van der Waals surface area contributed by atoms with Gasteiger partial charge in [-0.25, -0.2) is 19.9 Å². The molecule has 6 nitrogen and oxygen atoms in total. The summed E-state index contributed by atoms with van der Waals surface area (Å²) in [6, 6.07) is 3.91. The lowest BCUT2D eigenvalue weighted by Gasteiger charge is -2.16. The summed E-state index contributed by atoms with van der Waals surface area (Å²) in [6.07, 6.45) is 0.876. The third kappa shape index (κ3) is 3.41. The molecule has 3 aromatic rings. The van der Waals surface area contributed by atoms with Crippen LogP contribution in [0, 0.1) is 0 Å². The number of nitrogens with zero attached hydrogens (tertiary/aromatic N) is 5. The van der Waals surface area contributed by atoms with Gasteiger partial charge in [0, 0.05) is 25.8 Å². The van der Waals surface area contributed by atoms with Crippen LogP contribution < -0.4 is 10.2 Å². The Bertz CT molecular complexity index is 902. The standard InChI is InChI=1S/C16H15F3N6S/c17-16(18,19)15-24-12-13(22-9-23-14(12)26-15)21-8-10-3-4-11(20-7-10)25-5-1-2-6-25/h3-4,7,9H,1-2,5-6,8H2,(H,21,22,23). The number of fused-ring (bicyclic) bond motifs is 1. The van der Waals surface area contributed by atoms with E-state index in [0.717, 1.165) is 24.5 Å². The molecule has 1 saturated heterocycles. The van der Waals surface area contributed by atoms with Crippen molar-refractivity contribution in [2.45, 2.75) is 25.6 Å². The van der Waals surface area contributed by atoms with E-state index in [4.69, 9.17) is 0 Å². The van der Waals surface area contributed by atoms with Crippen LogP contribution in [0.2, 0.25) is 0 Å². The van der Waals surface area contributed by atoms with E-state index in [9.17, 15) is 13.2 Å². The van der Waals surface area contributed by atoms with Gasteiger partial charge in [0.05, 0.1) is 0 Å². The molecule has 0 aromatic carbocycles. The van der Waals surface area contributed by atoms with Crippen molar-refractivity contribution >= 4 is 33.3 Å². The van der Waals surface area contributed by atoms with Crippen molar-refractivity contribution in [2.24, 2.45) is 0 Å². The van der Waals surface area contributed by atoms with Gasteiger partial charge < -0.3 is 10.2 Å². The molecule has 136 valence electrons. The fraction of sp³-hybridized carbons (Fsp3) is 0.375. The minimum atomic E-state index is -4.49. The van der Waals surface area contributed by atoms with Gasteiger partial charge in [-0.1, -0.05) is 17.4 Å². The number of pyridine rings is 1. The molecule has 0 spiro atoms. The van der Waals surface area contributed by atoms with Gasteiger partial charge in [-0.2, -0.15) is 13.2 Å². The Morgan fingerprint density at radius 1 is 1.12 bits per heavy atom. The highest BCUT2D eigenvalue weighted by molar-refractivity contribution is 7.18. The number of hydrogen-bond donors (Lipinski definition) is 1. The summed E-state index contributed by atoms with van der Waals surface area (Å²) in [5, 5.41) is 2.11. The van der Waals surface area contributed by atoms with Gasteiger partial charge >= 0.3 is 6.18 Å². The first kappa shape index (κ1) is 17.0. The quantitative estimate of drug-likeness (QED) is 0.744. The van der Waals surface area contributed by atoms with Crippen LogP contribution in [0.25, 0.3) is 10.3 Å². The Morgan fingerprint density at radius 3 is 2.62 bits per heavy atom. The minimum Gasteiger partial charge on any atom is -0.364 e. The van der Waals surface area contributed by atoms with Crippen LogP contribution >= 0.6 is 11.3 Å². The highest BCUT2D eigenvalue weighted by Gasteiger charge is 2.35. The SMILES string of the molecule is FC(F)(F)c1nc2c(NCc3ccc(N4CCCC4)nc3)ncnc2s1. The number of rotatable bonds is 4. The summed E-state index contributed by atoms with van der Waals surface area (Å²) < 4.78 is 38.5. The molecule has 0 atom stereocenters. The van der Waals surface area contributed by atoms with E-state index in [-0.39, 0.29) is 16.2 Å². The number of halogens is 3. The zero-order valence-electron chi connectivity index (χ0n) is 13.6. The second kappa shape index (κ2) is 6.67. The number of nitrogens with one attached hydrogen (secondary N) is 1. The Hall–Kier alpha value is -2.49. The molecule has 0 bridgehead atoms. The minimum absolute atomic E-state index is 0.131. The van der Waals surface area contributed by atoms with Crippen LogP contribution in [0.3, 0.4) is 0 Å². The Balaban J connectivity index is 1.50. The molecule has 0 amide bonds. The summed E-state index contributed by atoms with van der Waals surface area (Å²) >= 11 is 0.511. The van der Waals surface area contributed by atoms with Gasteiger partial charge in [-0.15, -0.1) is 0 Å². The molecule has 3 aromatic heterocycles. The van der Waals surface area contributed by atoms with E-state index in [0.29, 0.717) is 17.9 Å². The van der Waals surface area contributed by atoms with E-state index in [1.807, 2.05) is 12.1 Å². The zero-order chi connectivity index (χ0) is 18.1. The van der Waals surface area contributed by atoms with E-state index < -0.39 is 11.2 Å². The third-order valence-electron chi connectivity index (χ3n) is 4.14. The van der Waals surface area contributed by atoms with E-state index >= 15 is 0 Å². The molecular formula is C16H15F3N6S. The maximum atomic E-state index is 12.8. The normalized spacial score (nSPS) is 15.0. The Labute approximate surface area is 151 Å². The van der Waals surface area contributed by atoms with Crippen LogP contribution in [-0.2, 0) is 12.7 Å². The molecule has 26 heavy (non-hydrogen) atoms. The van der Waals surface area contributed by atoms with Gasteiger partial charge in [0.25, 0.3) is 0 Å². The van der Waals surface area contributed by atoms with Crippen LogP contribution in [0.4, 0.5) is 24.8 Å². The maximum Gasteiger partial charge on any atom is 0.443 e. The molecule has 0 aliphatic carbocycles. The molecule has 4 rings (SSSR count). The predicted molar refractivity (Wildman–Crippen MR) is 93.2 cm³/mol. The van der Waals surface area contributed by atoms with Gasteiger partial charge in [0.1, 0.15) is 22.5 Å². The lowest BCUT2D eigenvalue weighted by molar-refractivity contribution is -0.137. The molecule has 0 radical (unpaired) electrons. The number of alkyl halides is 3. The number of anilines is 2. The van der Waals surface area contributed by atoms with E-state index in [1.54, 1.807) is 6.20 Å². The molecule has 1 aliphatic rings. The lowest BCUT2D eigenvalue weighted by Crippen LogP contribution is -2.18. The second-order valence-electron chi connectivity index (χ2n) is 5.97. The van der Waals surface area contributed by atoms with Crippen LogP contribution in [-0.4, -0.2) is 33.0 Å². The van der Waals surface area contributed by atoms with Crippen molar-refractivity contribution in [3.8, 4) is 0 Å². The predicted octanol–water partition coefficient (Wildman–Crippen LogP) is 3.71. The fourth-order valence-electron chi connectivity index (χ4n) is 2.84. The monoisotopic (exact) mass is 380 g/mol. The molecule has 0 unspecified atom stereocenters. The molecule has 0 saturated carbocycles. The summed E-state index contributed by atoms with van der Waals surface area (Å²) in [5.74, 6) is 1.23. The van der Waals surface area contributed by atoms with Gasteiger partial charge in [-0.05, 0) is 24.5 Å². The third-order valence-corrected chi connectivity index (χ3v) is 5.15. The van der Waals surface area contributed by atoms with Crippen molar-refractivity contribution in [1.29, 1.82) is 0 Å². The molecule has 4 heterocycles. The van der Waals surface area contributed by atoms with E-state index in [1.165, 1.54) is 19.2 Å². The second-order valence-corrected chi connectivity index (χ2v) is 6.94. The average Bonchev–Trinajstić information content (AvgIpc) is 3.29. The van der Waals surface area contributed by atoms with Crippen molar-refractivity contribution in [3.05, 3.63) is 35.2 Å². The first-order chi connectivity index (χ1) is 12.5. The first-order valence-electron chi connectivity index (χ1n) is 8.13. The van der Waals surface area contributed by atoms with Crippen molar-refractivity contribution in [3.63, 3.8) is 0 Å². The van der Waals surface area contributed by atoms with Crippen molar-refractivity contribution in [1.82, 2.24) is 19.9 Å². The molecule has 1 N–H and O–H groups in total. The highest BCUT2D eigenvalue weighted by atomic mass is 32.1. The number of hydrogen-bond acceptors (Lipinski definition) is 7. The number of thiazole rings is 1. The maximum absolute atomic E-state index is 12.8. The summed E-state index contributed by atoms with van der Waals surface area (Å²) in [5.41, 5.74) is 1.04. The smallest absolute Gasteiger partial charge is 0.364 e. The van der Waals surface area contributed by atoms with Crippen molar-refractivity contribution in [2.75, 3.05) is 23.3 Å². The van der Waals surface area contributed by atoms with Crippen LogP contribution in [0.15, 0.2) is 24.7 Å². The van der Waals surface area contributed by atoms with E-state index in [2.05, 4.69) is 30.2 Å². The highest BCUT2D eigenvalue weighted by Crippen LogP contribution is 2.36. The fourth-order valence-corrected chi connectivity index (χ4v) is 3.62. The summed E-state index contributed by atoms with van der Waals surface area (Å²) in [6.45, 7) is 2.43. The largest absolute Gasteiger partial charge is 0.443 e. The first-order valence-corrected chi connectivity index (χ1v) is 8.95. The zero-order valence-corrected chi connectivity index (χ0v) is 14.4. The van der Waals surface area contributed by atoms with Gasteiger partial charge in [0.15, 0.2) is 5.82 Å². The van der Waals surface area contributed by atoms with Gasteiger partial charge in [0.2, 0.25) is 5.01 Å². The summed E-state index contributed by atoms with van der Waals surface area (Å²) in [4.78, 5) is 18.4. The Morgan fingerprint density at radius 2 is 1.92 bits per heavy atom. The molecule has 1 fully saturated rings. The van der Waals surface area contributed by atoms with Crippen molar-refractivity contribution < 1.29 is 13.2 Å². The molecule has 10 heteroatoms. The topological polar surface area (TPSA) is 66.8 Å². The number of aromatic nitrogens is 4. The Kier molecular flexibility index (Phi) is 4.35. The molecule has 1 aliphatic heterocycles. The van der Waals surface area contributed by atoms with Gasteiger partial charge in [-0.3, -0.25) is 0 Å². The lowest BCUT2D eigenvalue weighted by atomic mass is 10.2. The van der Waals surface area contributed by atoms with Crippen LogP contribution in [0.1, 0.15) is 23.4 Å².